The first-order chi connectivity index (χ1) is 11.2. The van der Waals surface area contributed by atoms with E-state index >= 15 is 0 Å². The molecule has 0 amide bonds. The van der Waals surface area contributed by atoms with Crippen molar-refractivity contribution in [3.05, 3.63) is 70.9 Å². The molecule has 3 heteroatoms. The van der Waals surface area contributed by atoms with Crippen molar-refractivity contribution in [3.8, 4) is 0 Å². The van der Waals surface area contributed by atoms with Gasteiger partial charge in [-0.1, -0.05) is 41.9 Å². The summed E-state index contributed by atoms with van der Waals surface area (Å²) in [6.07, 6.45) is 4.19. The van der Waals surface area contributed by atoms with E-state index < -0.39 is 0 Å². The molecule has 0 saturated carbocycles. The van der Waals surface area contributed by atoms with E-state index in [9.17, 15) is 0 Å². The lowest BCUT2D eigenvalue weighted by Crippen LogP contribution is -2.32. The Balaban J connectivity index is 1.81. The molecular formula is C20H21ClN2. The van der Waals surface area contributed by atoms with Crippen LogP contribution in [0.1, 0.15) is 17.5 Å². The highest BCUT2D eigenvalue weighted by molar-refractivity contribution is 6.35. The van der Waals surface area contributed by atoms with E-state index in [0.717, 1.165) is 30.0 Å². The SMILES string of the molecule is CN1CCC(Cc2ccccc2)(c2cc(Cl)c3[nH]ccc3c2)C1. The predicted molar refractivity (Wildman–Crippen MR) is 97.2 cm³/mol. The highest BCUT2D eigenvalue weighted by Gasteiger charge is 2.38. The zero-order chi connectivity index (χ0) is 15.9. The van der Waals surface area contributed by atoms with Gasteiger partial charge in [0.15, 0.2) is 0 Å². The van der Waals surface area contributed by atoms with Gasteiger partial charge in [-0.15, -0.1) is 0 Å². The molecule has 4 rings (SSSR count). The summed E-state index contributed by atoms with van der Waals surface area (Å²) in [5.41, 5.74) is 3.94. The largest absolute Gasteiger partial charge is 0.360 e. The molecule has 1 aliphatic rings. The van der Waals surface area contributed by atoms with Crippen LogP contribution in [0.15, 0.2) is 54.7 Å². The Bertz CT molecular complexity index is 824. The number of likely N-dealkylation sites (N-methyl/N-ethyl adjacent to an activating group) is 1. The first kappa shape index (κ1) is 14.8. The van der Waals surface area contributed by atoms with Crippen LogP contribution in [0.2, 0.25) is 5.02 Å². The summed E-state index contributed by atoms with van der Waals surface area (Å²) in [7, 11) is 2.21. The van der Waals surface area contributed by atoms with E-state index in [1.165, 1.54) is 22.9 Å². The number of hydrogen-bond donors (Lipinski definition) is 1. The normalized spacial score (nSPS) is 22.0. The Morgan fingerprint density at radius 2 is 2.00 bits per heavy atom. The molecule has 2 nitrogen and oxygen atoms in total. The highest BCUT2D eigenvalue weighted by Crippen LogP contribution is 2.40. The Kier molecular flexibility index (Phi) is 3.67. The van der Waals surface area contributed by atoms with E-state index in [4.69, 9.17) is 11.6 Å². The van der Waals surface area contributed by atoms with E-state index in [-0.39, 0.29) is 5.41 Å². The number of rotatable bonds is 3. The van der Waals surface area contributed by atoms with Crippen LogP contribution < -0.4 is 0 Å². The van der Waals surface area contributed by atoms with Crippen molar-refractivity contribution in [1.82, 2.24) is 9.88 Å². The van der Waals surface area contributed by atoms with Gasteiger partial charge in [-0.05, 0) is 55.8 Å². The fourth-order valence-electron chi connectivity index (χ4n) is 3.98. The molecule has 1 aliphatic heterocycles. The fraction of sp³-hybridized carbons (Fsp3) is 0.300. The first-order valence-corrected chi connectivity index (χ1v) is 8.54. The van der Waals surface area contributed by atoms with Crippen molar-refractivity contribution in [2.24, 2.45) is 0 Å². The molecule has 3 aromatic rings. The molecule has 1 aromatic heterocycles. The molecule has 118 valence electrons. The molecule has 1 N–H and O–H groups in total. The number of H-pyrrole nitrogens is 1. The number of aromatic amines is 1. The second-order valence-electron chi connectivity index (χ2n) is 6.83. The van der Waals surface area contributed by atoms with Gasteiger partial charge in [-0.2, -0.15) is 0 Å². The second-order valence-corrected chi connectivity index (χ2v) is 7.24. The van der Waals surface area contributed by atoms with Gasteiger partial charge < -0.3 is 9.88 Å². The maximum atomic E-state index is 6.54. The van der Waals surface area contributed by atoms with Crippen molar-refractivity contribution in [2.45, 2.75) is 18.3 Å². The minimum absolute atomic E-state index is 0.144. The fourth-order valence-corrected chi connectivity index (χ4v) is 4.26. The van der Waals surface area contributed by atoms with Crippen molar-refractivity contribution < 1.29 is 0 Å². The molecular weight excluding hydrogens is 304 g/mol. The summed E-state index contributed by atoms with van der Waals surface area (Å²) in [6, 6.07) is 17.4. The van der Waals surface area contributed by atoms with Gasteiger partial charge >= 0.3 is 0 Å². The Morgan fingerprint density at radius 3 is 2.74 bits per heavy atom. The third-order valence-corrected chi connectivity index (χ3v) is 5.45. The van der Waals surface area contributed by atoms with Gasteiger partial charge in [-0.25, -0.2) is 0 Å². The highest BCUT2D eigenvalue weighted by atomic mass is 35.5. The molecule has 1 saturated heterocycles. The summed E-state index contributed by atoms with van der Waals surface area (Å²) >= 11 is 6.54. The van der Waals surface area contributed by atoms with Crippen LogP contribution in [0.5, 0.6) is 0 Å². The monoisotopic (exact) mass is 324 g/mol. The van der Waals surface area contributed by atoms with Gasteiger partial charge in [0.25, 0.3) is 0 Å². The van der Waals surface area contributed by atoms with Crippen molar-refractivity contribution in [2.75, 3.05) is 20.1 Å². The lowest BCUT2D eigenvalue weighted by Gasteiger charge is -2.30. The second kappa shape index (κ2) is 5.70. The molecule has 0 aliphatic carbocycles. The molecule has 0 bridgehead atoms. The Morgan fingerprint density at radius 1 is 1.17 bits per heavy atom. The van der Waals surface area contributed by atoms with E-state index in [0.29, 0.717) is 0 Å². The quantitative estimate of drug-likeness (QED) is 0.743. The summed E-state index contributed by atoms with van der Waals surface area (Å²) in [5, 5.41) is 2.03. The third kappa shape index (κ3) is 2.66. The minimum atomic E-state index is 0.144. The number of likely N-dealkylation sites (tertiary alicyclic amines) is 1. The van der Waals surface area contributed by atoms with Crippen LogP contribution in [0.4, 0.5) is 0 Å². The average Bonchev–Trinajstić information content (AvgIpc) is 3.16. The molecule has 0 radical (unpaired) electrons. The van der Waals surface area contributed by atoms with E-state index in [1.807, 2.05) is 6.20 Å². The summed E-state index contributed by atoms with van der Waals surface area (Å²) < 4.78 is 0. The third-order valence-electron chi connectivity index (χ3n) is 5.15. The Hall–Kier alpha value is -1.77. The smallest absolute Gasteiger partial charge is 0.0649 e. The summed E-state index contributed by atoms with van der Waals surface area (Å²) in [4.78, 5) is 5.66. The van der Waals surface area contributed by atoms with Gasteiger partial charge in [0, 0.05) is 23.5 Å². The van der Waals surface area contributed by atoms with Gasteiger partial charge in [0.2, 0.25) is 0 Å². The maximum Gasteiger partial charge on any atom is 0.0649 e. The number of aromatic nitrogens is 1. The van der Waals surface area contributed by atoms with Crippen LogP contribution in [0, 0.1) is 0 Å². The van der Waals surface area contributed by atoms with Crippen molar-refractivity contribution >= 4 is 22.5 Å². The molecule has 2 aromatic carbocycles. The van der Waals surface area contributed by atoms with Gasteiger partial charge in [-0.3, -0.25) is 0 Å². The molecule has 1 atom stereocenters. The number of fused-ring (bicyclic) bond motifs is 1. The number of benzene rings is 2. The van der Waals surface area contributed by atoms with Gasteiger partial charge in [0.05, 0.1) is 10.5 Å². The van der Waals surface area contributed by atoms with Crippen LogP contribution in [0.3, 0.4) is 0 Å². The van der Waals surface area contributed by atoms with Crippen LogP contribution in [-0.2, 0) is 11.8 Å². The van der Waals surface area contributed by atoms with Gasteiger partial charge in [0.1, 0.15) is 0 Å². The van der Waals surface area contributed by atoms with Crippen molar-refractivity contribution in [3.63, 3.8) is 0 Å². The molecule has 1 fully saturated rings. The first-order valence-electron chi connectivity index (χ1n) is 8.16. The minimum Gasteiger partial charge on any atom is -0.360 e. The summed E-state index contributed by atoms with van der Waals surface area (Å²) in [5.74, 6) is 0. The van der Waals surface area contributed by atoms with Crippen LogP contribution in [0.25, 0.3) is 10.9 Å². The summed E-state index contributed by atoms with van der Waals surface area (Å²) in [6.45, 7) is 2.21. The van der Waals surface area contributed by atoms with Crippen LogP contribution >= 0.6 is 11.6 Å². The van der Waals surface area contributed by atoms with Crippen molar-refractivity contribution in [1.29, 1.82) is 0 Å². The molecule has 0 spiro atoms. The zero-order valence-corrected chi connectivity index (χ0v) is 14.1. The van der Waals surface area contributed by atoms with E-state index in [2.05, 4.69) is 65.5 Å². The number of nitrogens with one attached hydrogen (secondary N) is 1. The topological polar surface area (TPSA) is 19.0 Å². The maximum absolute atomic E-state index is 6.54. The number of nitrogens with zero attached hydrogens (tertiary/aromatic N) is 1. The molecule has 23 heavy (non-hydrogen) atoms. The Labute approximate surface area is 142 Å². The average molecular weight is 325 g/mol. The lowest BCUT2D eigenvalue weighted by atomic mass is 9.74. The predicted octanol–water partition coefficient (Wildman–Crippen LogP) is 4.64. The lowest BCUT2D eigenvalue weighted by molar-refractivity contribution is 0.366. The standard InChI is InChI=1S/C20H21ClN2/c1-23-10-8-20(14-23,13-15-5-3-2-4-6-15)17-11-16-7-9-22-19(16)18(21)12-17/h2-7,9,11-12,22H,8,10,13-14H2,1H3. The molecule has 2 heterocycles. The number of hydrogen-bond acceptors (Lipinski definition) is 1. The zero-order valence-electron chi connectivity index (χ0n) is 13.3. The number of halogens is 1. The van der Waals surface area contributed by atoms with E-state index in [1.54, 1.807) is 0 Å². The molecule has 1 unspecified atom stereocenters. The van der Waals surface area contributed by atoms with Crippen LogP contribution in [-0.4, -0.2) is 30.0 Å².